The van der Waals surface area contributed by atoms with Crippen LogP contribution < -0.4 is 0 Å². The maximum atomic E-state index is 4.46. The van der Waals surface area contributed by atoms with E-state index in [-0.39, 0.29) is 5.25 Å². The van der Waals surface area contributed by atoms with Gasteiger partial charge in [-0.25, -0.2) is 0 Å². The van der Waals surface area contributed by atoms with Crippen molar-refractivity contribution in [2.45, 2.75) is 17.3 Å². The number of thioether (sulfide) groups is 1. The summed E-state index contributed by atoms with van der Waals surface area (Å²) in [6, 6.07) is 31.4. The summed E-state index contributed by atoms with van der Waals surface area (Å²) < 4.78 is 2.11. The minimum Gasteiger partial charge on any atom is -0.274 e. The molecule has 0 bridgehead atoms. The Labute approximate surface area is 157 Å². The fourth-order valence-corrected chi connectivity index (χ4v) is 4.21. The number of hydrogen-bond donors (Lipinski definition) is 0. The van der Waals surface area contributed by atoms with E-state index in [1.54, 1.807) is 11.8 Å². The van der Waals surface area contributed by atoms with Gasteiger partial charge in [-0.3, -0.25) is 4.57 Å². The smallest absolute Gasteiger partial charge is 0.196 e. The van der Waals surface area contributed by atoms with Crippen molar-refractivity contribution in [2.75, 3.05) is 0 Å². The molecule has 0 radical (unpaired) electrons. The number of para-hydroxylation sites is 1. The van der Waals surface area contributed by atoms with Gasteiger partial charge in [-0.1, -0.05) is 90.6 Å². The SMILES string of the molecule is Cc1nnc(SC(c2ccccc2)c2ccccc2)n1-c1ccccc1. The van der Waals surface area contributed by atoms with Crippen LogP contribution in [0.4, 0.5) is 0 Å². The van der Waals surface area contributed by atoms with Gasteiger partial charge in [0.1, 0.15) is 5.82 Å². The van der Waals surface area contributed by atoms with Crippen LogP contribution in [-0.2, 0) is 0 Å². The Morgan fingerprint density at radius 3 is 1.73 bits per heavy atom. The summed E-state index contributed by atoms with van der Waals surface area (Å²) >= 11 is 1.73. The van der Waals surface area contributed by atoms with E-state index in [4.69, 9.17) is 0 Å². The molecule has 0 spiro atoms. The van der Waals surface area contributed by atoms with E-state index in [1.165, 1.54) is 11.1 Å². The third-order valence-corrected chi connectivity index (χ3v) is 5.49. The average Bonchev–Trinajstić information content (AvgIpc) is 3.08. The maximum Gasteiger partial charge on any atom is 0.196 e. The second-order valence-electron chi connectivity index (χ2n) is 6.02. The molecule has 0 unspecified atom stereocenters. The monoisotopic (exact) mass is 357 g/mol. The summed E-state index contributed by atoms with van der Waals surface area (Å²) in [5, 5.41) is 9.84. The van der Waals surface area contributed by atoms with E-state index in [2.05, 4.69) is 75.4 Å². The van der Waals surface area contributed by atoms with E-state index in [0.29, 0.717) is 0 Å². The molecule has 0 amide bonds. The Bertz CT molecular complexity index is 927. The van der Waals surface area contributed by atoms with Gasteiger partial charge in [0.2, 0.25) is 0 Å². The molecular weight excluding hydrogens is 338 g/mol. The van der Waals surface area contributed by atoms with Gasteiger partial charge in [0, 0.05) is 5.69 Å². The normalized spacial score (nSPS) is 11.0. The molecule has 0 saturated heterocycles. The molecular formula is C22H19N3S. The Hall–Kier alpha value is -2.85. The third-order valence-electron chi connectivity index (χ3n) is 4.24. The first-order valence-corrected chi connectivity index (χ1v) is 9.45. The van der Waals surface area contributed by atoms with Crippen LogP contribution >= 0.6 is 11.8 Å². The van der Waals surface area contributed by atoms with E-state index in [1.807, 2.05) is 37.3 Å². The van der Waals surface area contributed by atoms with E-state index in [0.717, 1.165) is 16.7 Å². The minimum absolute atomic E-state index is 0.156. The average molecular weight is 357 g/mol. The standard InChI is InChI=1S/C22H19N3S/c1-17-23-24-22(25(17)20-15-9-4-10-16-20)26-21(18-11-5-2-6-12-18)19-13-7-3-8-14-19/h2-16,21H,1H3. The molecule has 0 fully saturated rings. The van der Waals surface area contributed by atoms with Crippen LogP contribution in [0.25, 0.3) is 5.69 Å². The first-order chi connectivity index (χ1) is 12.8. The lowest BCUT2D eigenvalue weighted by Crippen LogP contribution is -2.02. The van der Waals surface area contributed by atoms with Crippen LogP contribution in [0.5, 0.6) is 0 Å². The Morgan fingerprint density at radius 1 is 0.692 bits per heavy atom. The molecule has 0 saturated carbocycles. The van der Waals surface area contributed by atoms with Crippen LogP contribution in [0.2, 0.25) is 0 Å². The number of aryl methyl sites for hydroxylation is 1. The van der Waals surface area contributed by atoms with Crippen LogP contribution in [-0.4, -0.2) is 14.8 Å². The summed E-state index contributed by atoms with van der Waals surface area (Å²) in [6.45, 7) is 1.99. The summed E-state index contributed by atoms with van der Waals surface area (Å²) in [7, 11) is 0. The summed E-state index contributed by atoms with van der Waals surface area (Å²) in [6.07, 6.45) is 0. The highest BCUT2D eigenvalue weighted by atomic mass is 32.2. The number of nitrogens with zero attached hydrogens (tertiary/aromatic N) is 3. The van der Waals surface area contributed by atoms with Crippen molar-refractivity contribution < 1.29 is 0 Å². The Kier molecular flexibility index (Phi) is 4.84. The molecule has 0 N–H and O–H groups in total. The Balaban J connectivity index is 1.76. The van der Waals surface area contributed by atoms with E-state index < -0.39 is 0 Å². The highest BCUT2D eigenvalue weighted by Gasteiger charge is 2.20. The number of hydrogen-bond acceptors (Lipinski definition) is 3. The molecule has 1 heterocycles. The summed E-state index contributed by atoms with van der Waals surface area (Å²) in [5.41, 5.74) is 3.59. The quantitative estimate of drug-likeness (QED) is 0.445. The van der Waals surface area contributed by atoms with E-state index >= 15 is 0 Å². The van der Waals surface area contributed by atoms with Gasteiger partial charge in [-0.15, -0.1) is 10.2 Å². The molecule has 3 aromatic carbocycles. The highest BCUT2D eigenvalue weighted by Crippen LogP contribution is 2.40. The maximum absolute atomic E-state index is 4.46. The van der Waals surface area contributed by atoms with Crippen LogP contribution in [0, 0.1) is 6.92 Å². The van der Waals surface area contributed by atoms with Gasteiger partial charge in [-0.2, -0.15) is 0 Å². The molecule has 0 aliphatic heterocycles. The molecule has 0 atom stereocenters. The van der Waals surface area contributed by atoms with Crippen molar-refractivity contribution in [3.8, 4) is 5.69 Å². The van der Waals surface area contributed by atoms with Crippen molar-refractivity contribution in [3.63, 3.8) is 0 Å². The summed E-state index contributed by atoms with van der Waals surface area (Å²) in [4.78, 5) is 0. The zero-order valence-electron chi connectivity index (χ0n) is 14.5. The van der Waals surface area contributed by atoms with Gasteiger partial charge >= 0.3 is 0 Å². The van der Waals surface area contributed by atoms with Gasteiger partial charge < -0.3 is 0 Å². The van der Waals surface area contributed by atoms with Gasteiger partial charge in [0.05, 0.1) is 5.25 Å². The van der Waals surface area contributed by atoms with Crippen LogP contribution in [0.3, 0.4) is 0 Å². The number of benzene rings is 3. The first kappa shape index (κ1) is 16.6. The molecule has 0 aliphatic rings. The van der Waals surface area contributed by atoms with Crippen molar-refractivity contribution in [3.05, 3.63) is 108 Å². The molecule has 0 aliphatic carbocycles. The molecule has 26 heavy (non-hydrogen) atoms. The topological polar surface area (TPSA) is 30.7 Å². The zero-order valence-corrected chi connectivity index (χ0v) is 15.3. The third kappa shape index (κ3) is 3.41. The predicted molar refractivity (Wildman–Crippen MR) is 107 cm³/mol. The highest BCUT2D eigenvalue weighted by molar-refractivity contribution is 7.99. The number of rotatable bonds is 5. The second kappa shape index (κ2) is 7.58. The van der Waals surface area contributed by atoms with E-state index in [9.17, 15) is 0 Å². The lowest BCUT2D eigenvalue weighted by atomic mass is 10.0. The van der Waals surface area contributed by atoms with Crippen LogP contribution in [0.1, 0.15) is 22.2 Å². The summed E-state index contributed by atoms with van der Waals surface area (Å²) in [5.74, 6) is 0.888. The molecule has 4 aromatic rings. The second-order valence-corrected chi connectivity index (χ2v) is 7.09. The van der Waals surface area contributed by atoms with Crippen molar-refractivity contribution in [2.24, 2.45) is 0 Å². The lowest BCUT2D eigenvalue weighted by Gasteiger charge is -2.18. The lowest BCUT2D eigenvalue weighted by molar-refractivity contribution is 0.864. The molecule has 3 nitrogen and oxygen atoms in total. The first-order valence-electron chi connectivity index (χ1n) is 8.57. The fraction of sp³-hybridized carbons (Fsp3) is 0.0909. The van der Waals surface area contributed by atoms with Gasteiger partial charge in [0.25, 0.3) is 0 Å². The van der Waals surface area contributed by atoms with Crippen molar-refractivity contribution >= 4 is 11.8 Å². The molecule has 1 aromatic heterocycles. The largest absolute Gasteiger partial charge is 0.274 e. The Morgan fingerprint density at radius 2 is 1.19 bits per heavy atom. The number of aromatic nitrogens is 3. The molecule has 4 rings (SSSR count). The van der Waals surface area contributed by atoms with Crippen molar-refractivity contribution in [1.82, 2.24) is 14.8 Å². The molecule has 4 heteroatoms. The van der Waals surface area contributed by atoms with Gasteiger partial charge in [-0.05, 0) is 30.2 Å². The fourth-order valence-electron chi connectivity index (χ4n) is 2.98. The molecule has 128 valence electrons. The minimum atomic E-state index is 0.156. The van der Waals surface area contributed by atoms with Crippen molar-refractivity contribution in [1.29, 1.82) is 0 Å². The zero-order chi connectivity index (χ0) is 17.8. The predicted octanol–water partition coefficient (Wildman–Crippen LogP) is 5.46. The van der Waals surface area contributed by atoms with Crippen LogP contribution in [0.15, 0.2) is 96.2 Å². The van der Waals surface area contributed by atoms with Gasteiger partial charge in [0.15, 0.2) is 5.16 Å².